The second-order valence-corrected chi connectivity index (χ2v) is 7.37. The molecule has 1 atom stereocenters. The molecule has 0 spiro atoms. The van der Waals surface area contributed by atoms with Crippen LogP contribution in [0.5, 0.6) is 0 Å². The van der Waals surface area contributed by atoms with Crippen molar-refractivity contribution in [1.29, 1.82) is 0 Å². The minimum Gasteiger partial charge on any atom is -0.274 e. The van der Waals surface area contributed by atoms with Gasteiger partial charge in [0.1, 0.15) is 5.71 Å². The molecular weight excluding hydrogens is 358 g/mol. The van der Waals surface area contributed by atoms with Crippen molar-refractivity contribution in [3.63, 3.8) is 0 Å². The highest BCUT2D eigenvalue weighted by Crippen LogP contribution is 2.39. The van der Waals surface area contributed by atoms with Crippen molar-refractivity contribution in [2.45, 2.75) is 32.2 Å². The maximum atomic E-state index is 13.9. The summed E-state index contributed by atoms with van der Waals surface area (Å²) in [4.78, 5) is 9.19. The summed E-state index contributed by atoms with van der Waals surface area (Å²) in [5, 5.41) is 8.49. The van der Waals surface area contributed by atoms with Crippen molar-refractivity contribution in [3.8, 4) is 0 Å². The molecule has 0 saturated carbocycles. The maximum absolute atomic E-state index is 13.9. The first kappa shape index (κ1) is 17.0. The van der Waals surface area contributed by atoms with Crippen LogP contribution in [0, 0.1) is 11.6 Å². The van der Waals surface area contributed by atoms with E-state index in [4.69, 9.17) is 16.6 Å². The third kappa shape index (κ3) is 2.56. The number of halogens is 3. The Hall–Kier alpha value is -2.47. The summed E-state index contributed by atoms with van der Waals surface area (Å²) in [5.74, 6) is -1.63. The summed E-state index contributed by atoms with van der Waals surface area (Å²) in [5.41, 5.74) is 2.10. The Labute approximate surface area is 154 Å². The van der Waals surface area contributed by atoms with E-state index < -0.39 is 17.2 Å². The molecule has 0 radical (unpaired) electrons. The van der Waals surface area contributed by atoms with Gasteiger partial charge in [-0.2, -0.15) is 0 Å². The molecule has 1 aromatic heterocycles. The molecule has 0 N–H and O–H groups in total. The first-order valence-corrected chi connectivity index (χ1v) is 8.54. The van der Waals surface area contributed by atoms with Crippen molar-refractivity contribution in [2.24, 2.45) is 4.99 Å². The number of aliphatic imine (C=N–C) groups is 1. The molecule has 1 aliphatic heterocycles. The summed E-state index contributed by atoms with van der Waals surface area (Å²) in [6.07, 6.45) is 0. The first-order chi connectivity index (χ1) is 12.3. The second-order valence-electron chi connectivity index (χ2n) is 6.93. The van der Waals surface area contributed by atoms with Crippen LogP contribution in [0.25, 0.3) is 11.0 Å². The highest BCUT2D eigenvalue weighted by Gasteiger charge is 2.35. The minimum absolute atomic E-state index is 0.139. The number of nitrogens with zero attached hydrogens (tertiary/aromatic N) is 4. The number of aromatic nitrogens is 3. The summed E-state index contributed by atoms with van der Waals surface area (Å²) in [6, 6.07) is 7.98. The van der Waals surface area contributed by atoms with Gasteiger partial charge >= 0.3 is 0 Å². The molecule has 1 unspecified atom stereocenters. The molecule has 3 aromatic rings. The Kier molecular flexibility index (Phi) is 3.77. The van der Waals surface area contributed by atoms with E-state index >= 15 is 0 Å². The van der Waals surface area contributed by atoms with Gasteiger partial charge in [-0.25, -0.2) is 13.8 Å². The SMILES string of the molecule is CC1c2cc(Cl)ccc2C(c2nnc3c(F)c(F)ccc3n2)=NC1(C)C. The molecule has 132 valence electrons. The topological polar surface area (TPSA) is 51.0 Å². The molecule has 26 heavy (non-hydrogen) atoms. The molecule has 0 saturated heterocycles. The Morgan fingerprint density at radius 3 is 2.62 bits per heavy atom. The van der Waals surface area contributed by atoms with Gasteiger partial charge in [-0.15, -0.1) is 10.2 Å². The predicted molar refractivity (Wildman–Crippen MR) is 96.8 cm³/mol. The number of hydrogen-bond donors (Lipinski definition) is 0. The number of fused-ring (bicyclic) bond motifs is 2. The molecule has 0 amide bonds. The predicted octanol–water partition coefficient (Wildman–Crippen LogP) is 4.69. The average Bonchev–Trinajstić information content (AvgIpc) is 2.61. The molecule has 0 bridgehead atoms. The van der Waals surface area contributed by atoms with Gasteiger partial charge in [-0.1, -0.05) is 24.6 Å². The van der Waals surface area contributed by atoms with Crippen LogP contribution < -0.4 is 0 Å². The quantitative estimate of drug-likeness (QED) is 0.622. The Balaban J connectivity index is 1.95. The fraction of sp³-hybridized carbons (Fsp3) is 0.263. The monoisotopic (exact) mass is 372 g/mol. The molecule has 0 fully saturated rings. The van der Waals surface area contributed by atoms with Gasteiger partial charge in [0, 0.05) is 16.5 Å². The minimum atomic E-state index is -1.05. The third-order valence-corrected chi connectivity index (χ3v) is 5.16. The lowest BCUT2D eigenvalue weighted by atomic mass is 9.78. The van der Waals surface area contributed by atoms with E-state index in [0.717, 1.165) is 17.2 Å². The molecule has 1 aliphatic rings. The van der Waals surface area contributed by atoms with Crippen molar-refractivity contribution >= 4 is 28.3 Å². The molecule has 4 rings (SSSR count). The van der Waals surface area contributed by atoms with Crippen LogP contribution in [0.3, 0.4) is 0 Å². The lowest BCUT2D eigenvalue weighted by Crippen LogP contribution is -2.33. The van der Waals surface area contributed by atoms with E-state index in [-0.39, 0.29) is 22.8 Å². The van der Waals surface area contributed by atoms with Crippen LogP contribution >= 0.6 is 11.6 Å². The van der Waals surface area contributed by atoms with E-state index in [0.29, 0.717) is 10.7 Å². The van der Waals surface area contributed by atoms with Gasteiger partial charge in [0.05, 0.1) is 11.1 Å². The molecule has 2 aromatic carbocycles. The van der Waals surface area contributed by atoms with E-state index in [1.165, 1.54) is 6.07 Å². The summed E-state index contributed by atoms with van der Waals surface area (Å²) in [7, 11) is 0. The van der Waals surface area contributed by atoms with Crippen LogP contribution in [0.1, 0.15) is 43.6 Å². The third-order valence-electron chi connectivity index (χ3n) is 4.93. The summed E-state index contributed by atoms with van der Waals surface area (Å²) >= 11 is 6.18. The Morgan fingerprint density at radius 1 is 1.08 bits per heavy atom. The van der Waals surface area contributed by atoms with Crippen LogP contribution in [-0.2, 0) is 0 Å². The first-order valence-electron chi connectivity index (χ1n) is 8.16. The Morgan fingerprint density at radius 2 is 1.85 bits per heavy atom. The zero-order valence-electron chi connectivity index (χ0n) is 14.4. The number of hydrogen-bond acceptors (Lipinski definition) is 4. The summed E-state index contributed by atoms with van der Waals surface area (Å²) in [6.45, 7) is 6.13. The van der Waals surface area contributed by atoms with Crippen molar-refractivity contribution in [2.75, 3.05) is 0 Å². The van der Waals surface area contributed by atoms with Crippen LogP contribution in [0.15, 0.2) is 35.3 Å². The standard InChI is InChI=1S/C19H15ClF2N4/c1-9-12-8-10(20)4-5-11(12)16(24-19(9,2)3)18-23-14-7-6-13(21)15(22)17(14)25-26-18/h4-9H,1-3H3. The maximum Gasteiger partial charge on any atom is 0.201 e. The van der Waals surface area contributed by atoms with E-state index in [2.05, 4.69) is 22.1 Å². The lowest BCUT2D eigenvalue weighted by molar-refractivity contribution is 0.432. The largest absolute Gasteiger partial charge is 0.274 e. The highest BCUT2D eigenvalue weighted by molar-refractivity contribution is 6.31. The number of rotatable bonds is 1. The van der Waals surface area contributed by atoms with Gasteiger partial charge in [-0.05, 0) is 43.7 Å². The van der Waals surface area contributed by atoms with E-state index in [9.17, 15) is 8.78 Å². The highest BCUT2D eigenvalue weighted by atomic mass is 35.5. The van der Waals surface area contributed by atoms with Gasteiger partial charge in [-0.3, -0.25) is 4.99 Å². The number of benzene rings is 2. The second kappa shape index (κ2) is 5.77. The molecular formula is C19H15ClF2N4. The van der Waals surface area contributed by atoms with Crippen LogP contribution in [0.2, 0.25) is 5.02 Å². The fourth-order valence-corrected chi connectivity index (χ4v) is 3.33. The normalized spacial score (nSPS) is 18.5. The van der Waals surface area contributed by atoms with Crippen LogP contribution in [-0.4, -0.2) is 26.4 Å². The Bertz CT molecular complexity index is 1080. The molecule has 7 heteroatoms. The van der Waals surface area contributed by atoms with E-state index in [1.54, 1.807) is 6.07 Å². The fourth-order valence-electron chi connectivity index (χ4n) is 3.15. The van der Waals surface area contributed by atoms with E-state index in [1.807, 2.05) is 26.0 Å². The molecule has 4 nitrogen and oxygen atoms in total. The zero-order chi connectivity index (χ0) is 18.6. The zero-order valence-corrected chi connectivity index (χ0v) is 15.1. The van der Waals surface area contributed by atoms with Gasteiger partial charge in [0.2, 0.25) is 5.82 Å². The van der Waals surface area contributed by atoms with Crippen molar-refractivity contribution < 1.29 is 8.78 Å². The lowest BCUT2D eigenvalue weighted by Gasteiger charge is -2.35. The van der Waals surface area contributed by atoms with Gasteiger partial charge in [0.15, 0.2) is 17.2 Å². The molecule has 0 aliphatic carbocycles. The van der Waals surface area contributed by atoms with Crippen molar-refractivity contribution in [3.05, 3.63) is 63.9 Å². The van der Waals surface area contributed by atoms with Crippen molar-refractivity contribution in [1.82, 2.24) is 15.2 Å². The average molecular weight is 373 g/mol. The summed E-state index contributed by atoms with van der Waals surface area (Å²) < 4.78 is 27.2. The van der Waals surface area contributed by atoms with Crippen LogP contribution in [0.4, 0.5) is 8.78 Å². The van der Waals surface area contributed by atoms with Gasteiger partial charge in [0.25, 0.3) is 0 Å². The smallest absolute Gasteiger partial charge is 0.201 e. The van der Waals surface area contributed by atoms with Gasteiger partial charge < -0.3 is 0 Å². The molecule has 2 heterocycles.